The third-order valence-corrected chi connectivity index (χ3v) is 1.74. The zero-order valence-electron chi connectivity index (χ0n) is 7.03. The van der Waals surface area contributed by atoms with Gasteiger partial charge in [0.25, 0.3) is 0 Å². The molecule has 0 radical (unpaired) electrons. The second-order valence-electron chi connectivity index (χ2n) is 2.74. The third kappa shape index (κ3) is 1.97. The molecule has 0 saturated heterocycles. The number of hydrogen-bond acceptors (Lipinski definition) is 4. The smallest absolute Gasteiger partial charge is 0.360 e. The highest BCUT2D eigenvalue weighted by Gasteiger charge is 2.17. The molecule has 0 unspecified atom stereocenters. The van der Waals surface area contributed by atoms with E-state index in [0.29, 0.717) is 5.69 Å². The second-order valence-corrected chi connectivity index (χ2v) is 2.74. The predicted octanol–water partition coefficient (Wildman–Crippen LogP) is -0.769. The Morgan fingerprint density at radius 1 is 1.77 bits per heavy atom. The van der Waals surface area contributed by atoms with Gasteiger partial charge in [0.05, 0.1) is 11.3 Å². The normalized spacial score (nSPS) is 12.8. The number of carboxylic acid groups (broad SMARTS) is 1. The molecule has 0 aliphatic heterocycles. The maximum absolute atomic E-state index is 11.0. The maximum Gasteiger partial charge on any atom is 0.360 e. The van der Waals surface area contributed by atoms with Crippen molar-refractivity contribution in [2.45, 2.75) is 19.4 Å². The molecule has 6 nitrogen and oxygen atoms in total. The Bertz CT molecular complexity index is 365. The summed E-state index contributed by atoms with van der Waals surface area (Å²) in [7, 11) is 0. The molecule has 1 aromatic heterocycles. The van der Waals surface area contributed by atoms with Crippen LogP contribution in [0.2, 0.25) is 0 Å². The number of nitrogens with one attached hydrogen (secondary N) is 1. The molecule has 0 spiro atoms. The molecule has 1 heterocycles. The molecule has 72 valence electrons. The topological polar surface area (TPSA) is 109 Å². The fourth-order valence-corrected chi connectivity index (χ4v) is 0.943. The van der Waals surface area contributed by atoms with Crippen LogP contribution in [0.5, 0.6) is 0 Å². The molecule has 0 amide bonds. The van der Waals surface area contributed by atoms with Crippen molar-refractivity contribution < 1.29 is 14.4 Å². The van der Waals surface area contributed by atoms with E-state index in [2.05, 4.69) is 9.68 Å². The fraction of sp³-hybridized carbons (Fsp3) is 0.429. The summed E-state index contributed by atoms with van der Waals surface area (Å²) in [5.74, 6) is -1.14. The van der Waals surface area contributed by atoms with Gasteiger partial charge in [-0.05, 0) is 6.92 Å². The second kappa shape index (κ2) is 3.44. The highest BCUT2D eigenvalue weighted by Crippen LogP contribution is 2.01. The molecule has 0 bridgehead atoms. The molecule has 6 heteroatoms. The van der Waals surface area contributed by atoms with Crippen LogP contribution in [0.3, 0.4) is 0 Å². The lowest BCUT2D eigenvalue weighted by atomic mass is 10.1. The van der Waals surface area contributed by atoms with Crippen molar-refractivity contribution in [3.05, 3.63) is 21.7 Å². The number of rotatable bonds is 3. The van der Waals surface area contributed by atoms with E-state index in [9.17, 15) is 9.59 Å². The van der Waals surface area contributed by atoms with Gasteiger partial charge < -0.3 is 15.4 Å². The van der Waals surface area contributed by atoms with E-state index in [0.717, 1.165) is 0 Å². The highest BCUT2D eigenvalue weighted by molar-refractivity contribution is 5.73. The molecule has 1 atom stereocenters. The number of aliphatic carboxylic acids is 1. The molecular weight excluding hydrogens is 176 g/mol. The van der Waals surface area contributed by atoms with Crippen molar-refractivity contribution >= 4 is 5.97 Å². The van der Waals surface area contributed by atoms with Gasteiger partial charge in [-0.3, -0.25) is 4.79 Å². The molecule has 0 aromatic carbocycles. The molecule has 0 aliphatic carbocycles. The molecule has 1 aromatic rings. The van der Waals surface area contributed by atoms with Gasteiger partial charge in [-0.1, -0.05) is 0 Å². The number of carboxylic acids is 1. The summed E-state index contributed by atoms with van der Waals surface area (Å²) in [4.78, 5) is 21.3. The maximum atomic E-state index is 11.0. The summed E-state index contributed by atoms with van der Waals surface area (Å²) in [5.41, 5.74) is 5.49. The summed E-state index contributed by atoms with van der Waals surface area (Å²) < 4.78 is 4.45. The minimum absolute atomic E-state index is 0.0208. The van der Waals surface area contributed by atoms with E-state index in [1.165, 1.54) is 0 Å². The van der Waals surface area contributed by atoms with Crippen molar-refractivity contribution in [2.75, 3.05) is 0 Å². The quantitative estimate of drug-likeness (QED) is 0.574. The molecule has 0 saturated carbocycles. The standard InChI is InChI=1S/C7H10N2O4/c1-3-4(7(12)13-9-3)2-5(8)6(10)11/h5,9H,2,8H2,1H3,(H,10,11)/t5-/m0/s1. The van der Waals surface area contributed by atoms with Crippen LogP contribution in [0.1, 0.15) is 11.3 Å². The van der Waals surface area contributed by atoms with E-state index in [-0.39, 0.29) is 12.0 Å². The van der Waals surface area contributed by atoms with Gasteiger partial charge in [-0.2, -0.15) is 0 Å². The first-order valence-corrected chi connectivity index (χ1v) is 3.67. The van der Waals surface area contributed by atoms with E-state index in [4.69, 9.17) is 10.8 Å². The average Bonchev–Trinajstić information content (AvgIpc) is 2.35. The van der Waals surface area contributed by atoms with Crippen LogP contribution >= 0.6 is 0 Å². The Labute approximate surface area is 73.3 Å². The Morgan fingerprint density at radius 3 is 2.77 bits per heavy atom. The van der Waals surface area contributed by atoms with Crippen LogP contribution in [-0.4, -0.2) is 22.3 Å². The van der Waals surface area contributed by atoms with Gasteiger partial charge in [0.15, 0.2) is 0 Å². The number of aromatic nitrogens is 1. The number of carbonyl (C=O) groups is 1. The van der Waals surface area contributed by atoms with Gasteiger partial charge in [0.2, 0.25) is 0 Å². The average molecular weight is 186 g/mol. The van der Waals surface area contributed by atoms with E-state index in [1.54, 1.807) is 6.92 Å². The van der Waals surface area contributed by atoms with Crippen molar-refractivity contribution in [3.8, 4) is 0 Å². The highest BCUT2D eigenvalue weighted by atomic mass is 16.5. The molecular formula is C7H10N2O4. The zero-order chi connectivity index (χ0) is 10.0. The van der Waals surface area contributed by atoms with Gasteiger partial charge in [-0.15, -0.1) is 0 Å². The number of nitrogens with two attached hydrogens (primary N) is 1. The lowest BCUT2D eigenvalue weighted by Gasteiger charge is -2.02. The number of aromatic amines is 1. The summed E-state index contributed by atoms with van der Waals surface area (Å²) >= 11 is 0. The van der Waals surface area contributed by atoms with Gasteiger partial charge in [0.1, 0.15) is 6.04 Å². The SMILES string of the molecule is Cc1[nH]oc(=O)c1C[C@H](N)C(=O)O. The van der Waals surface area contributed by atoms with E-state index < -0.39 is 17.6 Å². The minimum atomic E-state index is -1.14. The summed E-state index contributed by atoms with van der Waals surface area (Å²) in [5, 5.41) is 10.8. The van der Waals surface area contributed by atoms with Gasteiger partial charge in [0, 0.05) is 6.42 Å². The summed E-state index contributed by atoms with van der Waals surface area (Å²) in [6.07, 6.45) is -0.0208. The molecule has 1 rings (SSSR count). The van der Waals surface area contributed by atoms with Crippen LogP contribution in [-0.2, 0) is 11.2 Å². The molecule has 4 N–H and O–H groups in total. The Kier molecular flexibility index (Phi) is 2.52. The van der Waals surface area contributed by atoms with Crippen LogP contribution in [0.15, 0.2) is 9.32 Å². The van der Waals surface area contributed by atoms with Crippen LogP contribution in [0, 0.1) is 6.92 Å². The Hall–Kier alpha value is -1.56. The van der Waals surface area contributed by atoms with Crippen LogP contribution in [0.25, 0.3) is 0 Å². The zero-order valence-corrected chi connectivity index (χ0v) is 7.03. The third-order valence-electron chi connectivity index (χ3n) is 1.74. The largest absolute Gasteiger partial charge is 0.480 e. The fourth-order valence-electron chi connectivity index (χ4n) is 0.943. The van der Waals surface area contributed by atoms with Crippen molar-refractivity contribution in [3.63, 3.8) is 0 Å². The minimum Gasteiger partial charge on any atom is -0.480 e. The van der Waals surface area contributed by atoms with Gasteiger partial charge in [-0.25, -0.2) is 9.95 Å². The lowest BCUT2D eigenvalue weighted by Crippen LogP contribution is -2.33. The number of H-pyrrole nitrogens is 1. The molecule has 0 fully saturated rings. The Morgan fingerprint density at radius 2 is 2.38 bits per heavy atom. The summed E-state index contributed by atoms with van der Waals surface area (Å²) in [6.45, 7) is 1.62. The Balaban J connectivity index is 2.85. The van der Waals surface area contributed by atoms with E-state index >= 15 is 0 Å². The molecule has 0 aliphatic rings. The van der Waals surface area contributed by atoms with Crippen molar-refractivity contribution in [2.24, 2.45) is 5.73 Å². The first-order valence-electron chi connectivity index (χ1n) is 3.67. The van der Waals surface area contributed by atoms with E-state index in [1.807, 2.05) is 0 Å². The molecule has 13 heavy (non-hydrogen) atoms. The number of aryl methyl sites for hydroxylation is 1. The lowest BCUT2D eigenvalue weighted by molar-refractivity contribution is -0.138. The van der Waals surface area contributed by atoms with Crippen LogP contribution < -0.4 is 11.4 Å². The number of hydrogen-bond donors (Lipinski definition) is 3. The predicted molar refractivity (Wildman–Crippen MR) is 43.4 cm³/mol. The monoisotopic (exact) mass is 186 g/mol. The van der Waals surface area contributed by atoms with Gasteiger partial charge >= 0.3 is 11.6 Å². The van der Waals surface area contributed by atoms with Crippen molar-refractivity contribution in [1.29, 1.82) is 0 Å². The first kappa shape index (κ1) is 9.53. The summed E-state index contributed by atoms with van der Waals surface area (Å²) in [6, 6.07) is -1.07. The van der Waals surface area contributed by atoms with Crippen LogP contribution in [0.4, 0.5) is 0 Å². The van der Waals surface area contributed by atoms with Crippen molar-refractivity contribution in [1.82, 2.24) is 5.16 Å². The first-order chi connectivity index (χ1) is 6.02.